The summed E-state index contributed by atoms with van der Waals surface area (Å²) in [6.45, 7) is 6.70. The van der Waals surface area contributed by atoms with Gasteiger partial charge in [-0.2, -0.15) is 0 Å². The number of hydrogen-bond acceptors (Lipinski definition) is 2. The first-order valence-electron chi connectivity index (χ1n) is 2.52. The monoisotopic (exact) mass is 141 g/mol. The summed E-state index contributed by atoms with van der Waals surface area (Å²) in [5, 5.41) is 8.16. The Balaban J connectivity index is 0. The number of urea groups is 1. The van der Waals surface area contributed by atoms with Gasteiger partial charge >= 0.3 is 6.03 Å². The van der Waals surface area contributed by atoms with Crippen molar-refractivity contribution in [3.05, 3.63) is 19.2 Å². The van der Waals surface area contributed by atoms with E-state index in [9.17, 15) is 4.79 Å². The summed E-state index contributed by atoms with van der Waals surface area (Å²) in [5.41, 5.74) is 4.68. The highest BCUT2D eigenvalue weighted by Gasteiger charge is 1.81. The van der Waals surface area contributed by atoms with Crippen LogP contribution in [0, 0.1) is 5.41 Å². The van der Waals surface area contributed by atoms with Crippen LogP contribution in [0.25, 0.3) is 0 Å². The van der Waals surface area contributed by atoms with Crippen molar-refractivity contribution >= 4 is 11.9 Å². The fourth-order valence-electron chi connectivity index (χ4n) is 0.173. The minimum Gasteiger partial charge on any atom is -0.352 e. The maximum absolute atomic E-state index is 9.82. The number of primary amides is 1. The zero-order valence-corrected chi connectivity index (χ0v) is 5.68. The molecule has 4 heteroatoms. The molecule has 0 aromatic rings. The smallest absolute Gasteiger partial charge is 0.312 e. The first kappa shape index (κ1) is 11.3. The van der Waals surface area contributed by atoms with Crippen molar-refractivity contribution in [1.29, 1.82) is 5.41 Å². The maximum Gasteiger partial charge on any atom is 0.312 e. The van der Waals surface area contributed by atoms with Gasteiger partial charge in [-0.15, -0.1) is 6.58 Å². The number of amides is 2. The summed E-state index contributed by atoms with van der Waals surface area (Å²) in [5.74, 6) is 1.75. The Bertz CT molecular complexity index is 136. The van der Waals surface area contributed by atoms with Gasteiger partial charge in [0.1, 0.15) is 0 Å². The Morgan fingerprint density at radius 1 is 1.90 bits per heavy atom. The van der Waals surface area contributed by atoms with E-state index >= 15 is 0 Å². The van der Waals surface area contributed by atoms with E-state index in [4.69, 9.17) is 5.41 Å². The molecule has 10 heavy (non-hydrogen) atoms. The molecule has 0 bridgehead atoms. The number of hydrogen-bond donors (Lipinski definition) is 3. The molecule has 0 saturated carbocycles. The van der Waals surface area contributed by atoms with Gasteiger partial charge in [0.05, 0.1) is 0 Å². The lowest BCUT2D eigenvalue weighted by Crippen LogP contribution is -2.28. The molecule has 4 N–H and O–H groups in total. The Morgan fingerprint density at radius 3 is 2.40 bits per heavy atom. The summed E-state index contributed by atoms with van der Waals surface area (Å²) in [4.78, 5) is 9.82. The minimum atomic E-state index is -0.514. The van der Waals surface area contributed by atoms with Crippen LogP contribution in [-0.4, -0.2) is 18.4 Å². The lowest BCUT2D eigenvalue weighted by molar-refractivity contribution is 0.250. The molecule has 0 atom stereocenters. The van der Waals surface area contributed by atoms with E-state index in [0.717, 1.165) is 0 Å². The quantitative estimate of drug-likeness (QED) is 0.374. The first-order valence-corrected chi connectivity index (χ1v) is 2.52. The molecule has 0 heterocycles. The van der Waals surface area contributed by atoms with E-state index in [2.05, 4.69) is 24.2 Å². The van der Waals surface area contributed by atoms with Crippen LogP contribution in [-0.2, 0) is 0 Å². The molecule has 0 radical (unpaired) electrons. The van der Waals surface area contributed by atoms with Crippen LogP contribution in [0.5, 0.6) is 0 Å². The highest BCUT2D eigenvalue weighted by atomic mass is 16.2. The van der Waals surface area contributed by atoms with E-state index in [1.807, 2.05) is 0 Å². The van der Waals surface area contributed by atoms with Gasteiger partial charge in [0, 0.05) is 6.54 Å². The summed E-state index contributed by atoms with van der Waals surface area (Å²) in [7, 11) is 0. The molecule has 0 spiro atoms. The number of nitrogens with one attached hydrogen (secondary N) is 2. The van der Waals surface area contributed by atoms with Crippen LogP contribution < -0.4 is 11.1 Å². The molecule has 0 fully saturated rings. The van der Waals surface area contributed by atoms with Crippen molar-refractivity contribution in [3.8, 4) is 0 Å². The first-order chi connectivity index (χ1) is 4.68. The van der Waals surface area contributed by atoms with Crippen LogP contribution >= 0.6 is 0 Å². The van der Waals surface area contributed by atoms with Crippen LogP contribution in [0.15, 0.2) is 19.2 Å². The van der Waals surface area contributed by atoms with Gasteiger partial charge < -0.3 is 11.1 Å². The van der Waals surface area contributed by atoms with Crippen LogP contribution in [0.2, 0.25) is 0 Å². The Morgan fingerprint density at radius 2 is 2.30 bits per heavy atom. The van der Waals surface area contributed by atoms with E-state index in [1.54, 1.807) is 11.9 Å². The molecule has 56 valence electrons. The van der Waals surface area contributed by atoms with Gasteiger partial charge in [-0.25, -0.2) is 4.79 Å². The second-order valence-corrected chi connectivity index (χ2v) is 1.21. The summed E-state index contributed by atoms with van der Waals surface area (Å²) >= 11 is 0. The fraction of sp³-hybridized carbons (Fsp3) is 0.167. The van der Waals surface area contributed by atoms with Crippen molar-refractivity contribution in [3.63, 3.8) is 0 Å². The highest BCUT2D eigenvalue weighted by molar-refractivity contribution is 5.71. The van der Waals surface area contributed by atoms with Gasteiger partial charge in [0.15, 0.2) is 0 Å². The zero-order valence-electron chi connectivity index (χ0n) is 5.68. The summed E-state index contributed by atoms with van der Waals surface area (Å²) < 4.78 is 0. The number of carbonyl (C=O) groups excluding carboxylic acids is 1. The van der Waals surface area contributed by atoms with Gasteiger partial charge in [0.25, 0.3) is 0 Å². The molecule has 0 aromatic carbocycles. The van der Waals surface area contributed by atoms with E-state index in [-0.39, 0.29) is 0 Å². The van der Waals surface area contributed by atoms with Crippen molar-refractivity contribution in [2.45, 2.75) is 0 Å². The summed E-state index contributed by atoms with van der Waals surface area (Å²) in [6, 6.07) is -0.514. The highest BCUT2D eigenvalue weighted by Crippen LogP contribution is 1.56. The molecule has 0 saturated heterocycles. The predicted molar refractivity (Wildman–Crippen MR) is 41.1 cm³/mol. The molecule has 0 aliphatic rings. The second-order valence-electron chi connectivity index (χ2n) is 1.21. The molecule has 4 nitrogen and oxygen atoms in total. The topological polar surface area (TPSA) is 79.0 Å². The third kappa shape index (κ3) is 31.8. The van der Waals surface area contributed by atoms with E-state index in [1.165, 1.54) is 0 Å². The molecular weight excluding hydrogens is 130 g/mol. The lowest BCUT2D eigenvalue weighted by atomic mass is 10.6. The number of nitrogens with two attached hydrogens (primary N) is 1. The third-order valence-electron chi connectivity index (χ3n) is 0.421. The number of carbonyl (C=O) groups is 1. The normalized spacial score (nSPS) is 6.00. The molecule has 0 aliphatic carbocycles. The van der Waals surface area contributed by atoms with Crippen LogP contribution in [0.4, 0.5) is 4.79 Å². The lowest BCUT2D eigenvalue weighted by Gasteiger charge is -1.90. The standard InChI is InChI=1S/C4H8N2O.C2H3N/c1-2-3-6-4(5)7;1-2-3/h2H,1,3H2,(H3,5,6,7);3H,1H2. The Kier molecular flexibility index (Phi) is 11.8. The van der Waals surface area contributed by atoms with Gasteiger partial charge in [-0.1, -0.05) is 6.08 Å². The predicted octanol–water partition coefficient (Wildman–Crippen LogP) is 0.262. The second kappa shape index (κ2) is 10.4. The fourth-order valence-corrected chi connectivity index (χ4v) is 0.173. The molecule has 0 aliphatic heterocycles. The van der Waals surface area contributed by atoms with Crippen LogP contribution in [0.1, 0.15) is 0 Å². The van der Waals surface area contributed by atoms with Crippen molar-refractivity contribution in [2.75, 3.05) is 6.54 Å². The maximum atomic E-state index is 9.82. The van der Waals surface area contributed by atoms with Crippen molar-refractivity contribution in [2.24, 2.45) is 5.73 Å². The van der Waals surface area contributed by atoms with Gasteiger partial charge in [-0.05, 0) is 12.4 Å². The SMILES string of the molecule is C=C=N.C=CCNC(N)=O. The average Bonchev–Trinajstić information content (AvgIpc) is 1.85. The molecule has 0 rings (SSSR count). The average molecular weight is 141 g/mol. The Hall–Kier alpha value is -1.54. The molecule has 0 unspecified atom stereocenters. The summed E-state index contributed by atoms with van der Waals surface area (Å²) in [6.07, 6.45) is 1.56. The third-order valence-corrected chi connectivity index (χ3v) is 0.421. The van der Waals surface area contributed by atoms with Crippen LogP contribution in [0.3, 0.4) is 0 Å². The van der Waals surface area contributed by atoms with E-state index < -0.39 is 6.03 Å². The van der Waals surface area contributed by atoms with Crippen molar-refractivity contribution < 1.29 is 4.79 Å². The largest absolute Gasteiger partial charge is 0.352 e. The van der Waals surface area contributed by atoms with Crippen molar-refractivity contribution in [1.82, 2.24) is 5.32 Å². The minimum absolute atomic E-state index is 0.440. The number of rotatable bonds is 2. The Labute approximate surface area is 59.9 Å². The molecular formula is C6H11N3O. The molecule has 2 amide bonds. The zero-order chi connectivity index (χ0) is 8.41. The van der Waals surface area contributed by atoms with E-state index in [0.29, 0.717) is 6.54 Å². The van der Waals surface area contributed by atoms with Gasteiger partial charge in [0.2, 0.25) is 0 Å². The van der Waals surface area contributed by atoms with Gasteiger partial charge in [-0.3, -0.25) is 5.41 Å². The molecule has 0 aromatic heterocycles.